The molecule has 0 spiro atoms. The molecule has 0 aliphatic heterocycles. The van der Waals surface area contributed by atoms with Crippen molar-refractivity contribution >= 4 is 37.5 Å². The number of aromatic nitrogens is 5. The van der Waals surface area contributed by atoms with Crippen molar-refractivity contribution in [1.29, 1.82) is 0 Å². The zero-order valence-corrected chi connectivity index (χ0v) is 14.4. The van der Waals surface area contributed by atoms with Gasteiger partial charge in [-0.05, 0) is 24.6 Å². The average Bonchev–Trinajstić information content (AvgIpc) is 2.86. The number of nitrogens with two attached hydrogens (primary N) is 1. The van der Waals surface area contributed by atoms with Crippen LogP contribution < -0.4 is 5.73 Å². The molecule has 2 N–H and O–H groups in total. The Kier molecular flexibility index (Phi) is 3.56. The van der Waals surface area contributed by atoms with Crippen molar-refractivity contribution in [3.63, 3.8) is 0 Å². The number of fused-ring (bicyclic) bond motifs is 1. The molecule has 0 amide bonds. The number of nitrogen functional groups attached to an aromatic ring is 1. The highest BCUT2D eigenvalue weighted by molar-refractivity contribution is 9.10. The third-order valence-corrected chi connectivity index (χ3v) is 4.54. The summed E-state index contributed by atoms with van der Waals surface area (Å²) in [6.45, 7) is 1.63. The Hall–Kier alpha value is -2.14. The van der Waals surface area contributed by atoms with Crippen LogP contribution in [0, 0.1) is 12.7 Å². The fourth-order valence-electron chi connectivity index (χ4n) is 1.88. The molecule has 0 atom stereocenters. The Labute approximate surface area is 138 Å². The van der Waals surface area contributed by atoms with Gasteiger partial charge in [0.15, 0.2) is 5.82 Å². The van der Waals surface area contributed by atoms with Gasteiger partial charge in [-0.2, -0.15) is 19.5 Å². The Morgan fingerprint density at radius 2 is 1.96 bits per heavy atom. The molecule has 2 heterocycles. The number of benzene rings is 1. The summed E-state index contributed by atoms with van der Waals surface area (Å²) in [5.74, 6) is -0.501. The molecule has 0 unspecified atom stereocenters. The molecule has 0 bridgehead atoms. The molecule has 0 saturated heterocycles. The lowest BCUT2D eigenvalue weighted by molar-refractivity contribution is 0.592. The number of nitrogens with zero attached hydrogens (tertiary/aromatic N) is 5. The SMILES string of the molecule is Cc1cc(Br)c(-c2nc3nc(S(C)(=O)=O)nc(N)n3n2)cc1F. The first-order valence-electron chi connectivity index (χ1n) is 6.23. The maximum atomic E-state index is 13.8. The number of hydrogen-bond acceptors (Lipinski definition) is 7. The number of anilines is 1. The van der Waals surface area contributed by atoms with Crippen molar-refractivity contribution in [3.8, 4) is 11.4 Å². The van der Waals surface area contributed by atoms with E-state index in [1.807, 2.05) is 0 Å². The van der Waals surface area contributed by atoms with Gasteiger partial charge in [-0.15, -0.1) is 5.10 Å². The van der Waals surface area contributed by atoms with Crippen LogP contribution in [-0.2, 0) is 9.84 Å². The van der Waals surface area contributed by atoms with Gasteiger partial charge in [-0.25, -0.2) is 12.8 Å². The molecule has 23 heavy (non-hydrogen) atoms. The maximum Gasteiger partial charge on any atom is 0.258 e. The highest BCUT2D eigenvalue weighted by atomic mass is 79.9. The van der Waals surface area contributed by atoms with E-state index >= 15 is 0 Å². The second kappa shape index (κ2) is 5.20. The maximum absolute atomic E-state index is 13.8. The van der Waals surface area contributed by atoms with Gasteiger partial charge in [0.05, 0.1) is 0 Å². The summed E-state index contributed by atoms with van der Waals surface area (Å²) in [5, 5.41) is 3.65. The van der Waals surface area contributed by atoms with Crippen molar-refractivity contribution in [2.45, 2.75) is 12.1 Å². The van der Waals surface area contributed by atoms with Crippen LogP contribution in [0.25, 0.3) is 17.2 Å². The Balaban J connectivity index is 2.26. The van der Waals surface area contributed by atoms with E-state index in [1.165, 1.54) is 6.07 Å². The molecule has 0 aliphatic rings. The molecule has 0 fully saturated rings. The molecule has 3 aromatic rings. The van der Waals surface area contributed by atoms with Crippen molar-refractivity contribution in [2.75, 3.05) is 12.0 Å². The van der Waals surface area contributed by atoms with E-state index in [9.17, 15) is 12.8 Å². The van der Waals surface area contributed by atoms with E-state index in [4.69, 9.17) is 5.73 Å². The summed E-state index contributed by atoms with van der Waals surface area (Å²) < 4.78 is 38.6. The molecule has 8 nitrogen and oxygen atoms in total. The molecule has 120 valence electrons. The summed E-state index contributed by atoms with van der Waals surface area (Å²) in [6, 6.07) is 2.86. The average molecular weight is 401 g/mol. The van der Waals surface area contributed by atoms with E-state index < -0.39 is 20.8 Å². The van der Waals surface area contributed by atoms with Crippen LogP contribution in [0.3, 0.4) is 0 Å². The molecule has 0 aliphatic carbocycles. The zero-order chi connectivity index (χ0) is 16.9. The summed E-state index contributed by atoms with van der Waals surface area (Å²) in [7, 11) is -3.65. The zero-order valence-electron chi connectivity index (χ0n) is 11.9. The number of rotatable bonds is 2. The smallest absolute Gasteiger partial charge is 0.258 e. The van der Waals surface area contributed by atoms with E-state index in [1.54, 1.807) is 13.0 Å². The second-order valence-electron chi connectivity index (χ2n) is 4.86. The monoisotopic (exact) mass is 400 g/mol. The minimum Gasteiger partial charge on any atom is -0.368 e. The molecule has 0 saturated carbocycles. The van der Waals surface area contributed by atoms with Crippen molar-refractivity contribution in [1.82, 2.24) is 24.6 Å². The van der Waals surface area contributed by atoms with E-state index in [2.05, 4.69) is 36.0 Å². The third-order valence-electron chi connectivity index (χ3n) is 3.03. The summed E-state index contributed by atoms with van der Waals surface area (Å²) in [5.41, 5.74) is 6.55. The van der Waals surface area contributed by atoms with E-state index in [0.29, 0.717) is 15.6 Å². The number of aryl methyl sites for hydroxylation is 1. The quantitative estimate of drug-likeness (QED) is 0.690. The van der Waals surface area contributed by atoms with E-state index in [0.717, 1.165) is 10.8 Å². The standard InChI is InChI=1S/C12H10BrFN6O2S/c1-5-3-7(13)6(4-8(5)14)9-16-11-18-12(23(2,21)22)17-10(15)20(11)19-9/h3-4H,1-2H3,(H2,15,16,17,18,19). The molecule has 1 aromatic carbocycles. The van der Waals surface area contributed by atoms with Gasteiger partial charge in [0.25, 0.3) is 10.9 Å². The highest BCUT2D eigenvalue weighted by Crippen LogP contribution is 2.29. The predicted molar refractivity (Wildman–Crippen MR) is 83.9 cm³/mol. The van der Waals surface area contributed by atoms with Gasteiger partial charge in [-0.1, -0.05) is 15.9 Å². The second-order valence-corrected chi connectivity index (χ2v) is 7.63. The number of halogens is 2. The van der Waals surface area contributed by atoms with Gasteiger partial charge < -0.3 is 5.73 Å². The lowest BCUT2D eigenvalue weighted by Crippen LogP contribution is -2.11. The predicted octanol–water partition coefficient (Wildman–Crippen LogP) is 1.38. The fraction of sp³-hybridized carbons (Fsp3) is 0.167. The minimum absolute atomic E-state index is 0.0409. The van der Waals surface area contributed by atoms with Crippen molar-refractivity contribution < 1.29 is 12.8 Å². The normalized spacial score (nSPS) is 12.0. The largest absolute Gasteiger partial charge is 0.368 e. The van der Waals surface area contributed by atoms with E-state index in [-0.39, 0.29) is 17.6 Å². The third kappa shape index (κ3) is 2.77. The van der Waals surface area contributed by atoms with Gasteiger partial charge >= 0.3 is 0 Å². The minimum atomic E-state index is -3.65. The fourth-order valence-corrected chi connectivity index (χ4v) is 3.03. The van der Waals surface area contributed by atoms with Crippen LogP contribution in [0.4, 0.5) is 10.3 Å². The number of hydrogen-bond donors (Lipinski definition) is 1. The van der Waals surface area contributed by atoms with Gasteiger partial charge in [0.2, 0.25) is 15.8 Å². The van der Waals surface area contributed by atoms with Crippen LogP contribution in [0.1, 0.15) is 5.56 Å². The van der Waals surface area contributed by atoms with Crippen LogP contribution in [0.5, 0.6) is 0 Å². The lowest BCUT2D eigenvalue weighted by atomic mass is 10.1. The van der Waals surface area contributed by atoms with Crippen LogP contribution in [0.2, 0.25) is 0 Å². The van der Waals surface area contributed by atoms with Gasteiger partial charge in [-0.3, -0.25) is 0 Å². The molecular formula is C12H10BrFN6O2S. The van der Waals surface area contributed by atoms with Crippen LogP contribution in [-0.4, -0.2) is 39.2 Å². The molecule has 0 radical (unpaired) electrons. The van der Waals surface area contributed by atoms with Crippen molar-refractivity contribution in [3.05, 3.63) is 28.0 Å². The van der Waals surface area contributed by atoms with Crippen molar-refractivity contribution in [2.24, 2.45) is 0 Å². The molecular weight excluding hydrogens is 391 g/mol. The van der Waals surface area contributed by atoms with Gasteiger partial charge in [0.1, 0.15) is 5.82 Å². The van der Waals surface area contributed by atoms with Gasteiger partial charge in [0, 0.05) is 16.3 Å². The first-order valence-corrected chi connectivity index (χ1v) is 8.91. The molecule has 11 heteroatoms. The number of sulfone groups is 1. The van der Waals surface area contributed by atoms with Crippen LogP contribution >= 0.6 is 15.9 Å². The highest BCUT2D eigenvalue weighted by Gasteiger charge is 2.19. The topological polar surface area (TPSA) is 116 Å². The Morgan fingerprint density at radius 1 is 1.26 bits per heavy atom. The first kappa shape index (κ1) is 15.7. The Bertz CT molecular complexity index is 1050. The first-order chi connectivity index (χ1) is 10.7. The molecule has 3 rings (SSSR count). The van der Waals surface area contributed by atoms with Crippen LogP contribution in [0.15, 0.2) is 21.8 Å². The summed E-state index contributed by atoms with van der Waals surface area (Å²) in [6.07, 6.45) is 0.960. The Morgan fingerprint density at radius 3 is 2.61 bits per heavy atom. The lowest BCUT2D eigenvalue weighted by Gasteiger charge is -2.02. The summed E-state index contributed by atoms with van der Waals surface area (Å²) >= 11 is 3.32. The summed E-state index contributed by atoms with van der Waals surface area (Å²) in [4.78, 5) is 11.6. The molecule has 2 aromatic heterocycles.